The van der Waals surface area contributed by atoms with Gasteiger partial charge in [-0.15, -0.1) is 0 Å². The highest BCUT2D eigenvalue weighted by molar-refractivity contribution is 6.07. The summed E-state index contributed by atoms with van der Waals surface area (Å²) in [5.41, 5.74) is 3.20. The zero-order chi connectivity index (χ0) is 38.3. The van der Waals surface area contributed by atoms with E-state index in [0.29, 0.717) is 53.0 Å². The molecule has 1 aromatic carbocycles. The number of aryl methyl sites for hydroxylation is 3. The highest BCUT2D eigenvalue weighted by Crippen LogP contribution is 2.59. The van der Waals surface area contributed by atoms with E-state index in [2.05, 4.69) is 25.5 Å². The van der Waals surface area contributed by atoms with Crippen molar-refractivity contribution in [3.8, 4) is 16.9 Å². The van der Waals surface area contributed by atoms with E-state index in [-0.39, 0.29) is 41.6 Å². The van der Waals surface area contributed by atoms with E-state index in [0.717, 1.165) is 42.0 Å². The lowest BCUT2D eigenvalue weighted by Gasteiger charge is -2.27. The van der Waals surface area contributed by atoms with Crippen LogP contribution in [0.4, 0.5) is 19.0 Å². The number of likely N-dealkylation sites (tertiary alicyclic amines) is 1. The number of alkyl halides is 3. The number of hydrogen-bond donors (Lipinski definition) is 1. The fraction of sp³-hybridized carbons (Fsp3) is 0.447. The van der Waals surface area contributed by atoms with E-state index in [9.17, 15) is 27.6 Å². The number of amides is 2. The third-order valence-corrected chi connectivity index (χ3v) is 10.8. The van der Waals surface area contributed by atoms with Crippen molar-refractivity contribution in [1.29, 1.82) is 0 Å². The van der Waals surface area contributed by atoms with Gasteiger partial charge in [-0.3, -0.25) is 19.1 Å². The van der Waals surface area contributed by atoms with Gasteiger partial charge in [0.25, 0.3) is 0 Å². The summed E-state index contributed by atoms with van der Waals surface area (Å²) < 4.78 is 55.2. The van der Waals surface area contributed by atoms with Gasteiger partial charge in [0.15, 0.2) is 23.5 Å². The number of piperidine rings is 1. The molecule has 5 aromatic rings. The predicted octanol–water partition coefficient (Wildman–Crippen LogP) is 6.21. The summed E-state index contributed by atoms with van der Waals surface area (Å²) >= 11 is 0. The lowest BCUT2D eigenvalue weighted by atomic mass is 10.0. The number of ketones is 1. The highest BCUT2D eigenvalue weighted by Gasteiger charge is 2.64. The van der Waals surface area contributed by atoms with Crippen molar-refractivity contribution in [3.63, 3.8) is 0 Å². The van der Waals surface area contributed by atoms with E-state index in [1.54, 1.807) is 17.6 Å². The summed E-state index contributed by atoms with van der Waals surface area (Å²) in [6, 6.07) is 4.73. The van der Waals surface area contributed by atoms with E-state index in [1.807, 2.05) is 39.1 Å². The minimum absolute atomic E-state index is 0.188. The summed E-state index contributed by atoms with van der Waals surface area (Å²) in [4.78, 5) is 50.5. The Morgan fingerprint density at radius 3 is 2.57 bits per heavy atom. The molecule has 2 saturated heterocycles. The van der Waals surface area contributed by atoms with Gasteiger partial charge >= 0.3 is 6.18 Å². The average molecular weight is 745 g/mol. The number of fused-ring (bicyclic) bond motifs is 3. The Labute approximate surface area is 307 Å². The smallest absolute Gasteiger partial charge is 0.433 e. The number of benzene rings is 1. The van der Waals surface area contributed by atoms with Gasteiger partial charge in [0.1, 0.15) is 35.5 Å². The topological polar surface area (TPSA) is 146 Å². The molecule has 4 atom stereocenters. The van der Waals surface area contributed by atoms with E-state index in [1.165, 1.54) is 22.6 Å². The fourth-order valence-corrected chi connectivity index (χ4v) is 7.90. The van der Waals surface area contributed by atoms with Crippen molar-refractivity contribution in [3.05, 3.63) is 64.9 Å². The van der Waals surface area contributed by atoms with Crippen molar-refractivity contribution >= 4 is 40.0 Å². The highest BCUT2D eigenvalue weighted by atomic mass is 19.4. The van der Waals surface area contributed by atoms with Gasteiger partial charge in [-0.2, -0.15) is 23.4 Å². The molecule has 8 rings (SSSR count). The molecule has 1 aliphatic carbocycles. The van der Waals surface area contributed by atoms with Crippen LogP contribution < -0.4 is 10.1 Å². The number of hydrogen-bond acceptors (Lipinski definition) is 9. The monoisotopic (exact) mass is 744 g/mol. The molecule has 4 aromatic heterocycles. The number of nitrogens with one attached hydrogen (secondary N) is 1. The summed E-state index contributed by atoms with van der Waals surface area (Å²) in [5.74, 6) is -0.928. The van der Waals surface area contributed by atoms with Gasteiger partial charge in [-0.05, 0) is 86.8 Å². The molecule has 16 heteroatoms. The maximum Gasteiger partial charge on any atom is 0.433 e. The van der Waals surface area contributed by atoms with Crippen LogP contribution in [0.1, 0.15) is 79.0 Å². The number of anilines is 1. The largest absolute Gasteiger partial charge is 0.459 e. The Bertz CT molecular complexity index is 2360. The van der Waals surface area contributed by atoms with Gasteiger partial charge in [0.2, 0.25) is 11.8 Å². The lowest BCUT2D eigenvalue weighted by molar-refractivity contribution is -0.141. The second-order valence-corrected chi connectivity index (χ2v) is 14.9. The third-order valence-electron chi connectivity index (χ3n) is 10.8. The molecular weight excluding hydrogens is 705 g/mol. The lowest BCUT2D eigenvalue weighted by Crippen LogP contribution is -2.47. The maximum absolute atomic E-state index is 14.1. The van der Waals surface area contributed by atoms with Crippen LogP contribution in [0.15, 0.2) is 36.7 Å². The number of Topliss-reactive ketones (excluding diaryl/α,β-unsaturated/α-hetero) is 1. The average Bonchev–Trinajstić information content (AvgIpc) is 3.34. The number of nitrogens with zero attached hydrogens (tertiary/aromatic N) is 7. The van der Waals surface area contributed by atoms with Gasteiger partial charge in [0, 0.05) is 42.7 Å². The normalized spacial score (nSPS) is 22.4. The maximum atomic E-state index is 14.1. The molecule has 0 spiro atoms. The van der Waals surface area contributed by atoms with Crippen molar-refractivity contribution in [1.82, 2.24) is 34.3 Å². The van der Waals surface area contributed by atoms with Gasteiger partial charge in [-0.1, -0.05) is 13.0 Å². The van der Waals surface area contributed by atoms with Gasteiger partial charge < -0.3 is 19.7 Å². The van der Waals surface area contributed by atoms with Crippen LogP contribution in [0.2, 0.25) is 0 Å². The summed E-state index contributed by atoms with van der Waals surface area (Å²) in [6.07, 6.45) is 2.39. The summed E-state index contributed by atoms with van der Waals surface area (Å²) in [7, 11) is 0. The van der Waals surface area contributed by atoms with Crippen LogP contribution >= 0.6 is 0 Å². The second-order valence-electron chi connectivity index (χ2n) is 14.9. The Kier molecular flexibility index (Phi) is 8.50. The van der Waals surface area contributed by atoms with E-state index in [4.69, 9.17) is 9.47 Å². The Morgan fingerprint density at radius 2 is 1.85 bits per heavy atom. The summed E-state index contributed by atoms with van der Waals surface area (Å²) in [6.45, 7) is 9.06. The molecule has 6 heterocycles. The van der Waals surface area contributed by atoms with Crippen LogP contribution in [-0.2, 0) is 27.0 Å². The first kappa shape index (κ1) is 35.6. The number of ether oxygens (including phenoxy) is 2. The molecule has 0 bridgehead atoms. The molecule has 1 unspecified atom stereocenters. The molecule has 1 saturated carbocycles. The minimum Gasteiger partial charge on any atom is -0.459 e. The number of carbonyl (C=O) groups is 3. The molecule has 2 aliphatic heterocycles. The van der Waals surface area contributed by atoms with E-state index >= 15 is 0 Å². The first-order valence-electron chi connectivity index (χ1n) is 17.9. The molecule has 3 aliphatic rings. The second kappa shape index (κ2) is 12.9. The minimum atomic E-state index is -4.69. The Hall–Kier alpha value is -5.38. The Balaban J connectivity index is 1.07. The first-order valence-corrected chi connectivity index (χ1v) is 17.9. The zero-order valence-electron chi connectivity index (χ0n) is 30.5. The molecule has 13 nitrogen and oxygen atoms in total. The molecule has 54 heavy (non-hydrogen) atoms. The van der Waals surface area contributed by atoms with Crippen LogP contribution in [0.3, 0.4) is 0 Å². The number of carbonyl (C=O) groups excluding carboxylic acids is 3. The molecular formula is C38H39F3N8O5. The van der Waals surface area contributed by atoms with Crippen molar-refractivity contribution < 1.29 is 37.0 Å². The number of aromatic nitrogens is 6. The number of pyridine rings is 1. The standard InChI is InChI=1S/C38H39F3N8O5/c1-19-9-10-27(38(39,40)41)43-34(19)44-36(52)26-14-37(5)15-28(37)49(26)29(51)18-47-32-20(2)12-23(13-25(32)31(46-47)22(4)50)24-16-42-35-33(21(3)45-48(35)17-24)54-30-8-6-7-11-53-30/h9-10,12-13,16-17,26,28,30H,6-8,11,14-15,18H2,1-5H3,(H,43,44,52)/t26-,28+,30?,37-/m0/s1. The molecule has 1 N–H and O–H groups in total. The molecule has 2 amide bonds. The zero-order valence-corrected chi connectivity index (χ0v) is 30.5. The van der Waals surface area contributed by atoms with Crippen molar-refractivity contribution in [2.45, 2.75) is 97.8 Å². The molecule has 0 radical (unpaired) electrons. The SMILES string of the molecule is CC(=O)c1nn(CC(=O)N2[C@H](C(=O)Nc3nc(C(F)(F)F)ccc3C)C[C@@]3(C)C[C@@H]23)c2c(C)cc(-c3cnc4c(OC5CCCCO5)c(C)nn4c3)cc12. The van der Waals surface area contributed by atoms with Crippen LogP contribution in [0.5, 0.6) is 5.75 Å². The van der Waals surface area contributed by atoms with Gasteiger partial charge in [-0.25, -0.2) is 14.5 Å². The predicted molar refractivity (Wildman–Crippen MR) is 190 cm³/mol. The molecule has 282 valence electrons. The van der Waals surface area contributed by atoms with Crippen molar-refractivity contribution in [2.75, 3.05) is 11.9 Å². The first-order chi connectivity index (χ1) is 25.6. The number of halogens is 3. The van der Waals surface area contributed by atoms with Crippen LogP contribution in [-0.4, -0.2) is 76.8 Å². The molecule has 3 fully saturated rings. The quantitative estimate of drug-likeness (QED) is 0.183. The van der Waals surface area contributed by atoms with Crippen LogP contribution in [0, 0.1) is 26.2 Å². The summed E-state index contributed by atoms with van der Waals surface area (Å²) in [5, 5.41) is 12.3. The Morgan fingerprint density at radius 1 is 1.06 bits per heavy atom. The third kappa shape index (κ3) is 6.25. The van der Waals surface area contributed by atoms with Gasteiger partial charge in [0.05, 0.1) is 12.1 Å². The van der Waals surface area contributed by atoms with Crippen molar-refractivity contribution in [2.24, 2.45) is 5.41 Å². The fourth-order valence-electron chi connectivity index (χ4n) is 7.90. The van der Waals surface area contributed by atoms with E-state index < -0.39 is 29.7 Å². The number of rotatable bonds is 8. The van der Waals surface area contributed by atoms with Crippen LogP contribution in [0.25, 0.3) is 27.7 Å².